The Hall–Kier alpha value is -1.72. The van der Waals surface area contributed by atoms with E-state index in [0.717, 1.165) is 5.56 Å². The van der Waals surface area contributed by atoms with Gasteiger partial charge < -0.3 is 11.1 Å². The quantitative estimate of drug-likeness (QED) is 0.797. The Morgan fingerprint density at radius 3 is 2.53 bits per heavy atom. The smallest absolute Gasteiger partial charge is 0.399 e. The van der Waals surface area contributed by atoms with E-state index in [-0.39, 0.29) is 6.42 Å². The monoisotopic (exact) mass is 246 g/mol. The topological polar surface area (TPSA) is 55.1 Å². The first-order valence-electron chi connectivity index (χ1n) is 5.05. The number of nitrogens with two attached hydrogens (primary N) is 1. The minimum absolute atomic E-state index is 0.00963. The number of halogens is 3. The normalized spacial score (nSPS) is 11.2. The molecule has 0 fully saturated rings. The highest BCUT2D eigenvalue weighted by atomic mass is 19.4. The summed E-state index contributed by atoms with van der Waals surface area (Å²) in [4.78, 5) is 11.1. The summed E-state index contributed by atoms with van der Waals surface area (Å²) in [5.74, 6) is -0.634. The second-order valence-electron chi connectivity index (χ2n) is 3.59. The van der Waals surface area contributed by atoms with Gasteiger partial charge >= 0.3 is 6.18 Å². The summed E-state index contributed by atoms with van der Waals surface area (Å²) >= 11 is 0. The van der Waals surface area contributed by atoms with Gasteiger partial charge in [-0.15, -0.1) is 0 Å². The molecule has 0 spiro atoms. The molecule has 1 aromatic carbocycles. The first-order valence-corrected chi connectivity index (χ1v) is 5.05. The highest BCUT2D eigenvalue weighted by molar-refractivity contribution is 5.76. The van der Waals surface area contributed by atoms with Crippen molar-refractivity contribution >= 4 is 11.6 Å². The highest BCUT2D eigenvalue weighted by Gasteiger charge is 2.27. The van der Waals surface area contributed by atoms with E-state index in [2.05, 4.69) is 0 Å². The maximum absolute atomic E-state index is 11.8. The molecule has 6 heteroatoms. The molecule has 0 atom stereocenters. The lowest BCUT2D eigenvalue weighted by Gasteiger charge is -2.08. The van der Waals surface area contributed by atoms with Gasteiger partial charge in [0, 0.05) is 12.1 Å². The molecule has 0 saturated carbocycles. The molecule has 3 N–H and O–H groups in total. The van der Waals surface area contributed by atoms with Crippen molar-refractivity contribution < 1.29 is 18.0 Å². The SMILES string of the molecule is Nc1ccccc1CCC(=O)NCC(F)(F)F. The molecule has 0 heterocycles. The van der Waals surface area contributed by atoms with Crippen LogP contribution in [0.3, 0.4) is 0 Å². The molecule has 0 aliphatic heterocycles. The Kier molecular flexibility index (Phi) is 4.37. The number of aryl methyl sites for hydroxylation is 1. The van der Waals surface area contributed by atoms with Crippen molar-refractivity contribution in [3.63, 3.8) is 0 Å². The molecule has 17 heavy (non-hydrogen) atoms. The number of carbonyl (C=O) groups is 1. The Morgan fingerprint density at radius 2 is 1.94 bits per heavy atom. The van der Waals surface area contributed by atoms with Crippen molar-refractivity contribution in [3.05, 3.63) is 29.8 Å². The standard InChI is InChI=1S/C11H13F3N2O/c12-11(13,14)7-16-10(17)6-5-8-3-1-2-4-9(8)15/h1-4H,5-7,15H2,(H,16,17). The number of benzene rings is 1. The summed E-state index contributed by atoms with van der Waals surface area (Å²) in [6.45, 7) is -1.30. The molecule has 1 aromatic rings. The fourth-order valence-corrected chi connectivity index (χ4v) is 1.30. The minimum Gasteiger partial charge on any atom is -0.399 e. The number of alkyl halides is 3. The van der Waals surface area contributed by atoms with E-state index in [4.69, 9.17) is 5.73 Å². The molecule has 0 aliphatic carbocycles. The van der Waals surface area contributed by atoms with E-state index in [1.54, 1.807) is 24.3 Å². The third kappa shape index (κ3) is 5.24. The van der Waals surface area contributed by atoms with E-state index in [1.807, 2.05) is 5.32 Å². The molecule has 0 saturated heterocycles. The summed E-state index contributed by atoms with van der Waals surface area (Å²) in [5.41, 5.74) is 6.94. The first-order chi connectivity index (χ1) is 7.88. The van der Waals surface area contributed by atoms with Crippen LogP contribution in [0.25, 0.3) is 0 Å². The van der Waals surface area contributed by atoms with E-state index < -0.39 is 18.6 Å². The highest BCUT2D eigenvalue weighted by Crippen LogP contribution is 2.14. The van der Waals surface area contributed by atoms with Gasteiger partial charge in [0.15, 0.2) is 0 Å². The molecular formula is C11H13F3N2O. The molecule has 0 bridgehead atoms. The first kappa shape index (κ1) is 13.3. The van der Waals surface area contributed by atoms with Crippen molar-refractivity contribution in [2.45, 2.75) is 19.0 Å². The summed E-state index contributed by atoms with van der Waals surface area (Å²) in [5, 5.41) is 1.81. The van der Waals surface area contributed by atoms with E-state index >= 15 is 0 Å². The van der Waals surface area contributed by atoms with Gasteiger partial charge in [0.05, 0.1) is 0 Å². The lowest BCUT2D eigenvalue weighted by molar-refractivity contribution is -0.138. The molecule has 0 unspecified atom stereocenters. The van der Waals surface area contributed by atoms with Crippen LogP contribution >= 0.6 is 0 Å². The number of hydrogen-bond donors (Lipinski definition) is 2. The minimum atomic E-state index is -4.37. The molecule has 3 nitrogen and oxygen atoms in total. The zero-order chi connectivity index (χ0) is 12.9. The zero-order valence-corrected chi connectivity index (χ0v) is 9.05. The molecular weight excluding hydrogens is 233 g/mol. The molecule has 0 aromatic heterocycles. The fourth-order valence-electron chi connectivity index (χ4n) is 1.30. The van der Waals surface area contributed by atoms with Crippen molar-refractivity contribution in [2.75, 3.05) is 12.3 Å². The number of rotatable bonds is 4. The number of carbonyl (C=O) groups excluding carboxylic acids is 1. The summed E-state index contributed by atoms with van der Waals surface area (Å²) in [6.07, 6.45) is -4.05. The van der Waals surface area contributed by atoms with Crippen molar-refractivity contribution in [1.82, 2.24) is 5.32 Å². The Balaban J connectivity index is 2.36. The molecule has 1 amide bonds. The van der Waals surface area contributed by atoms with Crippen LogP contribution in [0.5, 0.6) is 0 Å². The molecule has 1 rings (SSSR count). The summed E-state index contributed by atoms with van der Waals surface area (Å²) in [7, 11) is 0. The van der Waals surface area contributed by atoms with Crippen LogP contribution in [-0.4, -0.2) is 18.6 Å². The predicted molar refractivity (Wildman–Crippen MR) is 58.2 cm³/mol. The number of nitrogen functional groups attached to an aromatic ring is 1. The van der Waals surface area contributed by atoms with Crippen LogP contribution in [0.1, 0.15) is 12.0 Å². The average molecular weight is 246 g/mol. The zero-order valence-electron chi connectivity index (χ0n) is 9.05. The average Bonchev–Trinajstić information content (AvgIpc) is 2.24. The van der Waals surface area contributed by atoms with Gasteiger partial charge in [-0.3, -0.25) is 4.79 Å². The summed E-state index contributed by atoms with van der Waals surface area (Å²) in [6, 6.07) is 6.94. The Labute approximate surface area is 96.8 Å². The van der Waals surface area contributed by atoms with Crippen molar-refractivity contribution in [1.29, 1.82) is 0 Å². The van der Waals surface area contributed by atoms with Gasteiger partial charge in [0.25, 0.3) is 0 Å². The summed E-state index contributed by atoms with van der Waals surface area (Å²) < 4.78 is 35.4. The van der Waals surface area contributed by atoms with Crippen LogP contribution in [0.2, 0.25) is 0 Å². The van der Waals surface area contributed by atoms with Gasteiger partial charge in [-0.05, 0) is 18.1 Å². The fraction of sp³-hybridized carbons (Fsp3) is 0.364. The largest absolute Gasteiger partial charge is 0.405 e. The number of hydrogen-bond acceptors (Lipinski definition) is 2. The van der Waals surface area contributed by atoms with Crippen LogP contribution in [0.15, 0.2) is 24.3 Å². The van der Waals surface area contributed by atoms with Crippen LogP contribution in [0, 0.1) is 0 Å². The maximum atomic E-state index is 11.8. The van der Waals surface area contributed by atoms with E-state index in [0.29, 0.717) is 12.1 Å². The number of amides is 1. The van der Waals surface area contributed by atoms with Gasteiger partial charge in [-0.1, -0.05) is 18.2 Å². The lowest BCUT2D eigenvalue weighted by atomic mass is 10.1. The second-order valence-corrected chi connectivity index (χ2v) is 3.59. The molecule has 0 radical (unpaired) electrons. The molecule has 0 aliphatic rings. The lowest BCUT2D eigenvalue weighted by Crippen LogP contribution is -2.33. The third-order valence-corrected chi connectivity index (χ3v) is 2.16. The van der Waals surface area contributed by atoms with Gasteiger partial charge in [-0.25, -0.2) is 0 Å². The molecule has 94 valence electrons. The number of anilines is 1. The Bertz CT molecular complexity index is 391. The van der Waals surface area contributed by atoms with Crippen LogP contribution < -0.4 is 11.1 Å². The van der Waals surface area contributed by atoms with Gasteiger partial charge in [0.2, 0.25) is 5.91 Å². The second kappa shape index (κ2) is 5.56. The van der Waals surface area contributed by atoms with E-state index in [9.17, 15) is 18.0 Å². The number of nitrogens with one attached hydrogen (secondary N) is 1. The Morgan fingerprint density at radius 1 is 1.29 bits per heavy atom. The van der Waals surface area contributed by atoms with E-state index in [1.165, 1.54) is 0 Å². The number of para-hydroxylation sites is 1. The van der Waals surface area contributed by atoms with Crippen molar-refractivity contribution in [2.24, 2.45) is 0 Å². The van der Waals surface area contributed by atoms with Gasteiger partial charge in [0.1, 0.15) is 6.54 Å². The maximum Gasteiger partial charge on any atom is 0.405 e. The van der Waals surface area contributed by atoms with Gasteiger partial charge in [-0.2, -0.15) is 13.2 Å². The predicted octanol–water partition coefficient (Wildman–Crippen LogP) is 1.88. The van der Waals surface area contributed by atoms with Crippen LogP contribution in [0.4, 0.5) is 18.9 Å². The third-order valence-electron chi connectivity index (χ3n) is 2.16. The van der Waals surface area contributed by atoms with Crippen molar-refractivity contribution in [3.8, 4) is 0 Å². The van der Waals surface area contributed by atoms with Crippen LogP contribution in [-0.2, 0) is 11.2 Å².